The van der Waals surface area contributed by atoms with Crippen molar-refractivity contribution in [2.24, 2.45) is 0 Å². The maximum Gasteiger partial charge on any atom is 0.259 e. The summed E-state index contributed by atoms with van der Waals surface area (Å²) in [6.07, 6.45) is 0. The van der Waals surface area contributed by atoms with E-state index < -0.39 is 11.1 Å². The molecule has 0 aliphatic carbocycles. The van der Waals surface area contributed by atoms with Crippen LogP contribution >= 0.6 is 0 Å². The first kappa shape index (κ1) is 20.1. The number of methoxy groups -OCH3 is 1. The minimum absolute atomic E-state index is 0.0538. The van der Waals surface area contributed by atoms with E-state index in [9.17, 15) is 9.00 Å². The van der Waals surface area contributed by atoms with Gasteiger partial charge in [-0.1, -0.05) is 54.6 Å². The molecule has 1 heterocycles. The number of carbonyl (C=O) groups excluding carboxylic acids is 1. The van der Waals surface area contributed by atoms with Crippen molar-refractivity contribution in [1.82, 2.24) is 0 Å². The van der Waals surface area contributed by atoms with Gasteiger partial charge in [0.2, 0.25) is 0 Å². The minimum Gasteiger partial charge on any atom is -0.497 e. The highest BCUT2D eigenvalue weighted by atomic mass is 32.2. The highest BCUT2D eigenvalue weighted by molar-refractivity contribution is 7.78. The van der Waals surface area contributed by atoms with E-state index in [1.807, 2.05) is 78.9 Å². The number of nitrogens with zero attached hydrogens (tertiary/aromatic N) is 1. The average molecular weight is 420 g/mol. The fraction of sp³-hybridized carbons (Fsp3) is 0.125. The Morgan fingerprint density at radius 3 is 2.17 bits per heavy atom. The maximum absolute atomic E-state index is 13.4. The van der Waals surface area contributed by atoms with E-state index in [1.54, 1.807) is 12.0 Å². The van der Waals surface area contributed by atoms with Crippen LogP contribution in [0.2, 0.25) is 0 Å². The topological polar surface area (TPSA) is 66.8 Å². The first-order chi connectivity index (χ1) is 14.6. The molecule has 0 fully saturated rings. The first-order valence-corrected chi connectivity index (χ1v) is 10.8. The predicted molar refractivity (Wildman–Crippen MR) is 120 cm³/mol. The average Bonchev–Trinajstić information content (AvgIpc) is 3.11. The standard InChI is InChI=1S/C24H21NO4S/c1-29-21-13-11-19(12-14-21)23-22(18-9-7-17(8-10-18)16-30(27)28)15-25(24(23)26)20-5-3-2-4-6-20/h2-14H,15-16H2,1H3,(H,27,28). The van der Waals surface area contributed by atoms with Gasteiger partial charge in [0.25, 0.3) is 5.91 Å². The Morgan fingerprint density at radius 1 is 0.933 bits per heavy atom. The second-order valence-electron chi connectivity index (χ2n) is 6.97. The Hall–Kier alpha value is -3.22. The van der Waals surface area contributed by atoms with Crippen molar-refractivity contribution in [1.29, 1.82) is 0 Å². The quantitative estimate of drug-likeness (QED) is 0.603. The summed E-state index contributed by atoms with van der Waals surface area (Å²) in [7, 11) is 1.61. The Morgan fingerprint density at radius 2 is 1.57 bits per heavy atom. The van der Waals surface area contributed by atoms with Gasteiger partial charge in [0.05, 0.1) is 25.0 Å². The molecule has 6 heteroatoms. The Kier molecular flexibility index (Phi) is 5.79. The number of rotatable bonds is 6. The van der Waals surface area contributed by atoms with Crippen LogP contribution in [0.1, 0.15) is 16.7 Å². The summed E-state index contributed by atoms with van der Waals surface area (Å²) >= 11 is -1.89. The van der Waals surface area contributed by atoms with Gasteiger partial charge >= 0.3 is 0 Å². The molecule has 1 atom stereocenters. The molecule has 1 aliphatic heterocycles. The lowest BCUT2D eigenvalue weighted by atomic mass is 9.96. The van der Waals surface area contributed by atoms with E-state index >= 15 is 0 Å². The van der Waals surface area contributed by atoms with E-state index in [4.69, 9.17) is 9.29 Å². The lowest BCUT2D eigenvalue weighted by molar-refractivity contribution is -0.112. The van der Waals surface area contributed by atoms with Crippen LogP contribution in [0.15, 0.2) is 78.9 Å². The van der Waals surface area contributed by atoms with E-state index in [0.717, 1.165) is 33.7 Å². The molecule has 4 rings (SSSR count). The van der Waals surface area contributed by atoms with Crippen molar-refractivity contribution in [3.8, 4) is 5.75 Å². The van der Waals surface area contributed by atoms with E-state index in [2.05, 4.69) is 0 Å². The zero-order chi connectivity index (χ0) is 21.1. The van der Waals surface area contributed by atoms with Crippen molar-refractivity contribution >= 4 is 33.8 Å². The number of amides is 1. The second-order valence-corrected chi connectivity index (χ2v) is 7.90. The van der Waals surface area contributed by atoms with Crippen molar-refractivity contribution in [2.75, 3.05) is 18.6 Å². The maximum atomic E-state index is 13.4. The Labute approximate surface area is 177 Å². The molecule has 1 amide bonds. The summed E-state index contributed by atoms with van der Waals surface area (Å²) in [5.74, 6) is 0.759. The van der Waals surface area contributed by atoms with E-state index in [-0.39, 0.29) is 11.7 Å². The molecule has 152 valence electrons. The summed E-state index contributed by atoms with van der Waals surface area (Å²) in [6, 6.07) is 24.5. The van der Waals surface area contributed by atoms with Gasteiger partial charge in [-0.2, -0.15) is 0 Å². The zero-order valence-corrected chi connectivity index (χ0v) is 17.3. The zero-order valence-electron chi connectivity index (χ0n) is 16.4. The fourth-order valence-electron chi connectivity index (χ4n) is 3.63. The number of carbonyl (C=O) groups is 1. The van der Waals surface area contributed by atoms with Crippen LogP contribution in [0.4, 0.5) is 5.69 Å². The molecule has 1 aliphatic rings. The number of hydrogen-bond acceptors (Lipinski definition) is 3. The van der Waals surface area contributed by atoms with Crippen molar-refractivity contribution in [3.05, 3.63) is 95.6 Å². The van der Waals surface area contributed by atoms with Gasteiger partial charge in [-0.3, -0.25) is 4.79 Å². The Bertz CT molecular complexity index is 1110. The summed E-state index contributed by atoms with van der Waals surface area (Å²) in [5.41, 5.74) is 4.94. The smallest absolute Gasteiger partial charge is 0.259 e. The molecule has 3 aromatic carbocycles. The van der Waals surface area contributed by atoms with Crippen molar-refractivity contribution in [2.45, 2.75) is 5.75 Å². The van der Waals surface area contributed by atoms with Gasteiger partial charge in [0, 0.05) is 5.69 Å². The monoisotopic (exact) mass is 419 g/mol. The van der Waals surface area contributed by atoms with Crippen LogP contribution in [0.25, 0.3) is 11.1 Å². The summed E-state index contributed by atoms with van der Waals surface area (Å²) in [6.45, 7) is 0.454. The number of para-hydroxylation sites is 1. The highest BCUT2D eigenvalue weighted by Crippen LogP contribution is 2.37. The molecule has 5 nitrogen and oxygen atoms in total. The molecular formula is C24H21NO4S. The van der Waals surface area contributed by atoms with Crippen molar-refractivity contribution < 1.29 is 18.3 Å². The van der Waals surface area contributed by atoms with Crippen LogP contribution in [0.5, 0.6) is 5.75 Å². The lowest BCUT2D eigenvalue weighted by Crippen LogP contribution is -2.26. The highest BCUT2D eigenvalue weighted by Gasteiger charge is 2.32. The van der Waals surface area contributed by atoms with Gasteiger partial charge in [0.1, 0.15) is 5.75 Å². The number of ether oxygens (including phenoxy) is 1. The molecule has 0 saturated carbocycles. The largest absolute Gasteiger partial charge is 0.497 e. The molecule has 0 aromatic heterocycles. The van der Waals surface area contributed by atoms with E-state index in [1.165, 1.54) is 0 Å². The van der Waals surface area contributed by atoms with E-state index in [0.29, 0.717) is 12.1 Å². The minimum atomic E-state index is -1.89. The fourth-order valence-corrected chi connectivity index (χ4v) is 4.10. The van der Waals surface area contributed by atoms with Crippen molar-refractivity contribution in [3.63, 3.8) is 0 Å². The Balaban J connectivity index is 1.77. The van der Waals surface area contributed by atoms with Gasteiger partial charge < -0.3 is 14.2 Å². The molecule has 1 N–H and O–H groups in total. The predicted octanol–water partition coefficient (Wildman–Crippen LogP) is 4.37. The van der Waals surface area contributed by atoms with Crippen LogP contribution in [0.3, 0.4) is 0 Å². The lowest BCUT2D eigenvalue weighted by Gasteiger charge is -2.17. The summed E-state index contributed by atoms with van der Waals surface area (Å²) in [4.78, 5) is 15.2. The normalized spacial score (nSPS) is 14.9. The molecule has 30 heavy (non-hydrogen) atoms. The van der Waals surface area contributed by atoms with Crippen LogP contribution in [-0.4, -0.2) is 28.3 Å². The second kappa shape index (κ2) is 8.65. The third-order valence-corrected chi connectivity index (χ3v) is 5.70. The first-order valence-electron chi connectivity index (χ1n) is 9.48. The van der Waals surface area contributed by atoms with Gasteiger partial charge in [-0.15, -0.1) is 0 Å². The van der Waals surface area contributed by atoms with Gasteiger partial charge in [0.15, 0.2) is 11.1 Å². The van der Waals surface area contributed by atoms with Crippen LogP contribution < -0.4 is 9.64 Å². The molecule has 0 saturated heterocycles. The van der Waals surface area contributed by atoms with Gasteiger partial charge in [-0.25, -0.2) is 4.21 Å². The molecule has 0 bridgehead atoms. The van der Waals surface area contributed by atoms with Crippen LogP contribution in [0, 0.1) is 0 Å². The molecule has 0 spiro atoms. The third kappa shape index (κ3) is 4.06. The SMILES string of the molecule is COc1ccc(C2=C(c3ccc(CS(=O)O)cc3)CN(c3ccccc3)C2=O)cc1. The third-order valence-electron chi connectivity index (χ3n) is 5.12. The van der Waals surface area contributed by atoms with Gasteiger partial charge in [-0.05, 0) is 46.5 Å². The molecule has 0 radical (unpaired) electrons. The number of anilines is 1. The number of benzene rings is 3. The number of hydrogen-bond donors (Lipinski definition) is 1. The molecule has 1 unspecified atom stereocenters. The summed E-state index contributed by atoms with van der Waals surface area (Å²) in [5, 5.41) is 0. The summed E-state index contributed by atoms with van der Waals surface area (Å²) < 4.78 is 25.4. The van der Waals surface area contributed by atoms with Crippen LogP contribution in [-0.2, 0) is 21.6 Å². The molecular weight excluding hydrogens is 398 g/mol. The molecule has 3 aromatic rings.